The van der Waals surface area contributed by atoms with E-state index in [-0.39, 0.29) is 0 Å². The molecule has 1 nitrogen and oxygen atoms in total. The second-order valence-electron chi connectivity index (χ2n) is 3.80. The molecule has 3 aromatic rings. The molecule has 0 spiro atoms. The molecular formula is C14H11NS2. The molecule has 1 aromatic carbocycles. The molecule has 0 aliphatic heterocycles. The lowest BCUT2D eigenvalue weighted by Gasteiger charge is -1.93. The summed E-state index contributed by atoms with van der Waals surface area (Å²) in [5, 5.41) is 2.13. The number of hydrogen-bond donors (Lipinski definition) is 1. The van der Waals surface area contributed by atoms with Crippen LogP contribution in [0.15, 0.2) is 41.8 Å². The van der Waals surface area contributed by atoms with Gasteiger partial charge in [0.05, 0.1) is 0 Å². The van der Waals surface area contributed by atoms with Gasteiger partial charge in [0.2, 0.25) is 0 Å². The van der Waals surface area contributed by atoms with Crippen LogP contribution in [0.3, 0.4) is 0 Å². The summed E-state index contributed by atoms with van der Waals surface area (Å²) in [5.41, 5.74) is 7.63. The Labute approximate surface area is 108 Å². The average Bonchev–Trinajstić information content (AvgIpc) is 2.88. The number of benzene rings is 1. The molecule has 0 saturated heterocycles. The predicted molar refractivity (Wildman–Crippen MR) is 79.5 cm³/mol. The molecular weight excluding hydrogens is 246 g/mol. The van der Waals surface area contributed by atoms with Gasteiger partial charge in [0.15, 0.2) is 0 Å². The zero-order valence-corrected chi connectivity index (χ0v) is 10.7. The Morgan fingerprint density at radius 3 is 2.53 bits per heavy atom. The fraction of sp³-hybridized carbons (Fsp3) is 0. The summed E-state index contributed by atoms with van der Waals surface area (Å²) >= 11 is 3.62. The zero-order valence-electron chi connectivity index (χ0n) is 9.09. The first kappa shape index (κ1) is 10.6. The van der Waals surface area contributed by atoms with E-state index in [2.05, 4.69) is 29.7 Å². The fourth-order valence-corrected chi connectivity index (χ4v) is 3.67. The second kappa shape index (κ2) is 4.35. The van der Waals surface area contributed by atoms with Crippen molar-refractivity contribution in [3.63, 3.8) is 0 Å². The van der Waals surface area contributed by atoms with Crippen LogP contribution in [-0.4, -0.2) is 0 Å². The molecule has 0 saturated carbocycles. The molecule has 2 N–H and O–H groups in total. The van der Waals surface area contributed by atoms with E-state index in [4.69, 9.17) is 5.73 Å². The van der Waals surface area contributed by atoms with E-state index in [0.29, 0.717) is 0 Å². The molecule has 3 heteroatoms. The third kappa shape index (κ3) is 2.25. The monoisotopic (exact) mass is 257 g/mol. The van der Waals surface area contributed by atoms with Gasteiger partial charge in [0, 0.05) is 20.0 Å². The van der Waals surface area contributed by atoms with Gasteiger partial charge in [-0.1, -0.05) is 18.2 Å². The molecule has 17 heavy (non-hydrogen) atoms. The smallest absolute Gasteiger partial charge is 0.0456 e. The maximum absolute atomic E-state index is 5.65. The average molecular weight is 257 g/mol. The highest BCUT2D eigenvalue weighted by molar-refractivity contribution is 7.27. The summed E-state index contributed by atoms with van der Waals surface area (Å²) in [6.07, 6.45) is 4.28. The second-order valence-corrected chi connectivity index (χ2v) is 5.86. The van der Waals surface area contributed by atoms with Crippen LogP contribution in [0.4, 0.5) is 5.69 Å². The van der Waals surface area contributed by atoms with Gasteiger partial charge in [-0.25, -0.2) is 0 Å². The van der Waals surface area contributed by atoms with Crippen molar-refractivity contribution in [2.45, 2.75) is 0 Å². The van der Waals surface area contributed by atoms with E-state index in [0.717, 1.165) is 5.69 Å². The maximum Gasteiger partial charge on any atom is 0.0456 e. The zero-order chi connectivity index (χ0) is 11.7. The molecule has 0 radical (unpaired) electrons. The Kier molecular flexibility index (Phi) is 2.71. The summed E-state index contributed by atoms with van der Waals surface area (Å²) in [6.45, 7) is 0. The Morgan fingerprint density at radius 1 is 0.941 bits per heavy atom. The quantitative estimate of drug-likeness (QED) is 0.661. The van der Waals surface area contributed by atoms with Crippen LogP contribution in [-0.2, 0) is 0 Å². The first-order valence-electron chi connectivity index (χ1n) is 5.32. The molecule has 0 fully saturated rings. The third-order valence-electron chi connectivity index (χ3n) is 2.53. The van der Waals surface area contributed by atoms with Crippen molar-refractivity contribution in [1.82, 2.24) is 0 Å². The van der Waals surface area contributed by atoms with Gasteiger partial charge < -0.3 is 5.73 Å². The molecule has 0 aliphatic carbocycles. The predicted octanol–water partition coefficient (Wildman–Crippen LogP) is 4.72. The molecule has 84 valence electrons. The van der Waals surface area contributed by atoms with Crippen LogP contribution in [0.2, 0.25) is 0 Å². The molecule has 2 heterocycles. The van der Waals surface area contributed by atoms with E-state index in [9.17, 15) is 0 Å². The molecule has 0 bridgehead atoms. The van der Waals surface area contributed by atoms with Crippen molar-refractivity contribution in [1.29, 1.82) is 0 Å². The Morgan fingerprint density at radius 2 is 1.76 bits per heavy atom. The summed E-state index contributed by atoms with van der Waals surface area (Å²) in [6, 6.07) is 12.3. The SMILES string of the molecule is Nc1ccc(/C=C/c2cc3sccc3s2)cc1. The highest BCUT2D eigenvalue weighted by Crippen LogP contribution is 2.30. The topological polar surface area (TPSA) is 26.0 Å². The van der Waals surface area contributed by atoms with Crippen molar-refractivity contribution >= 4 is 49.9 Å². The highest BCUT2D eigenvalue weighted by Gasteiger charge is 1.99. The van der Waals surface area contributed by atoms with E-state index < -0.39 is 0 Å². The van der Waals surface area contributed by atoms with Gasteiger partial charge in [-0.15, -0.1) is 22.7 Å². The van der Waals surface area contributed by atoms with Crippen LogP contribution in [0.25, 0.3) is 21.6 Å². The molecule has 2 aromatic heterocycles. The van der Waals surface area contributed by atoms with Crippen LogP contribution in [0.1, 0.15) is 10.4 Å². The van der Waals surface area contributed by atoms with Crippen LogP contribution in [0.5, 0.6) is 0 Å². The van der Waals surface area contributed by atoms with E-state index in [1.54, 1.807) is 11.3 Å². The lowest BCUT2D eigenvalue weighted by Crippen LogP contribution is -1.82. The largest absolute Gasteiger partial charge is 0.399 e. The minimum atomic E-state index is 0.804. The van der Waals surface area contributed by atoms with E-state index >= 15 is 0 Å². The Balaban J connectivity index is 1.86. The third-order valence-corrected chi connectivity index (χ3v) is 4.59. The lowest BCUT2D eigenvalue weighted by atomic mass is 10.2. The van der Waals surface area contributed by atoms with E-state index in [1.165, 1.54) is 19.8 Å². The fourth-order valence-electron chi connectivity index (χ4n) is 1.65. The minimum Gasteiger partial charge on any atom is -0.399 e. The van der Waals surface area contributed by atoms with Gasteiger partial charge in [-0.2, -0.15) is 0 Å². The number of hydrogen-bond acceptors (Lipinski definition) is 3. The van der Waals surface area contributed by atoms with Crippen molar-refractivity contribution in [3.8, 4) is 0 Å². The number of thiophene rings is 2. The van der Waals surface area contributed by atoms with Gasteiger partial charge in [-0.05, 0) is 41.3 Å². The van der Waals surface area contributed by atoms with Crippen molar-refractivity contribution in [3.05, 3.63) is 52.2 Å². The highest BCUT2D eigenvalue weighted by atomic mass is 32.1. The van der Waals surface area contributed by atoms with Gasteiger partial charge in [0.25, 0.3) is 0 Å². The van der Waals surface area contributed by atoms with Gasteiger partial charge in [0.1, 0.15) is 0 Å². The van der Waals surface area contributed by atoms with Crippen LogP contribution in [0, 0.1) is 0 Å². The van der Waals surface area contributed by atoms with Gasteiger partial charge in [-0.3, -0.25) is 0 Å². The standard InChI is InChI=1S/C14H11NS2/c15-11-4-1-10(2-5-11)3-6-12-9-14-13(17-12)7-8-16-14/h1-9H,15H2/b6-3+. The Bertz CT molecular complexity index is 630. The summed E-state index contributed by atoms with van der Waals surface area (Å²) in [5.74, 6) is 0. The van der Waals surface area contributed by atoms with Gasteiger partial charge >= 0.3 is 0 Å². The number of fused-ring (bicyclic) bond motifs is 1. The van der Waals surface area contributed by atoms with Crippen LogP contribution < -0.4 is 5.73 Å². The normalized spacial score (nSPS) is 11.5. The lowest BCUT2D eigenvalue weighted by molar-refractivity contribution is 1.65. The number of nitrogen functional groups attached to an aromatic ring is 1. The van der Waals surface area contributed by atoms with Crippen LogP contribution >= 0.6 is 22.7 Å². The molecule has 0 amide bonds. The first-order chi connectivity index (χ1) is 8.31. The van der Waals surface area contributed by atoms with Crippen molar-refractivity contribution < 1.29 is 0 Å². The molecule has 0 atom stereocenters. The summed E-state index contributed by atoms with van der Waals surface area (Å²) in [7, 11) is 0. The molecule has 3 rings (SSSR count). The Hall–Kier alpha value is -1.58. The number of anilines is 1. The van der Waals surface area contributed by atoms with E-state index in [1.807, 2.05) is 35.6 Å². The molecule has 0 unspecified atom stereocenters. The minimum absolute atomic E-state index is 0.804. The van der Waals surface area contributed by atoms with Crippen molar-refractivity contribution in [2.24, 2.45) is 0 Å². The summed E-state index contributed by atoms with van der Waals surface area (Å²) in [4.78, 5) is 1.30. The molecule has 0 aliphatic rings. The number of nitrogens with two attached hydrogens (primary N) is 1. The van der Waals surface area contributed by atoms with Crippen molar-refractivity contribution in [2.75, 3.05) is 5.73 Å². The maximum atomic E-state index is 5.65. The first-order valence-corrected chi connectivity index (χ1v) is 7.01. The summed E-state index contributed by atoms with van der Waals surface area (Å²) < 4.78 is 2.74. The number of rotatable bonds is 2.